The monoisotopic (exact) mass is 334 g/mol. The molecule has 0 spiro atoms. The fraction of sp³-hybridized carbons (Fsp3) is 0.333. The molecule has 1 saturated carbocycles. The van der Waals surface area contributed by atoms with Crippen LogP contribution in [0.2, 0.25) is 0 Å². The third kappa shape index (κ3) is 3.10. The van der Waals surface area contributed by atoms with Gasteiger partial charge in [0.15, 0.2) is 0 Å². The van der Waals surface area contributed by atoms with Gasteiger partial charge in [-0.3, -0.25) is 9.78 Å². The van der Waals surface area contributed by atoms with Crippen LogP contribution in [-0.4, -0.2) is 28.6 Å². The van der Waals surface area contributed by atoms with E-state index in [1.807, 2.05) is 36.4 Å². The number of pyridine rings is 1. The lowest BCUT2D eigenvalue weighted by atomic mass is 9.86. The van der Waals surface area contributed by atoms with E-state index in [2.05, 4.69) is 16.4 Å². The molecule has 4 rings (SSSR count). The minimum atomic E-state index is -0.0538. The van der Waals surface area contributed by atoms with E-state index >= 15 is 0 Å². The van der Waals surface area contributed by atoms with Crippen LogP contribution >= 0.6 is 0 Å². The van der Waals surface area contributed by atoms with Gasteiger partial charge in [0.1, 0.15) is 0 Å². The van der Waals surface area contributed by atoms with Gasteiger partial charge in [-0.25, -0.2) is 0 Å². The molecule has 0 unspecified atom stereocenters. The van der Waals surface area contributed by atoms with Gasteiger partial charge in [0.2, 0.25) is 0 Å². The molecule has 1 aliphatic rings. The molecule has 0 bridgehead atoms. The summed E-state index contributed by atoms with van der Waals surface area (Å²) >= 11 is 0. The number of aliphatic hydroxyl groups excluding tert-OH is 1. The number of nitrogens with one attached hydrogen (secondary N) is 1. The van der Waals surface area contributed by atoms with E-state index in [1.54, 1.807) is 6.20 Å². The zero-order valence-corrected chi connectivity index (χ0v) is 14.1. The largest absolute Gasteiger partial charge is 0.396 e. The predicted octanol–water partition coefficient (Wildman–Crippen LogP) is 3.67. The zero-order valence-electron chi connectivity index (χ0n) is 14.1. The van der Waals surface area contributed by atoms with Gasteiger partial charge in [-0.1, -0.05) is 30.3 Å². The number of rotatable bonds is 3. The molecule has 1 heterocycles. The number of carbonyl (C=O) groups excluding carboxylic acids is 1. The Balaban J connectivity index is 1.67. The van der Waals surface area contributed by atoms with Gasteiger partial charge in [-0.05, 0) is 54.5 Å². The summed E-state index contributed by atoms with van der Waals surface area (Å²) in [5.41, 5.74) is 1.39. The topological polar surface area (TPSA) is 62.2 Å². The van der Waals surface area contributed by atoms with Crippen LogP contribution in [-0.2, 0) is 0 Å². The van der Waals surface area contributed by atoms with Crippen LogP contribution < -0.4 is 5.32 Å². The molecule has 1 fully saturated rings. The number of benzene rings is 2. The third-order valence-corrected chi connectivity index (χ3v) is 5.30. The molecule has 0 aliphatic heterocycles. The normalized spacial score (nSPS) is 20.7. The maximum Gasteiger partial charge on any atom is 0.253 e. The number of hydrogen-bond donors (Lipinski definition) is 2. The Morgan fingerprint density at radius 1 is 1.08 bits per heavy atom. The molecule has 0 atom stereocenters. The van der Waals surface area contributed by atoms with E-state index in [-0.39, 0.29) is 18.6 Å². The molecule has 1 aromatic heterocycles. The molecular weight excluding hydrogens is 312 g/mol. The second-order valence-corrected chi connectivity index (χ2v) is 6.92. The van der Waals surface area contributed by atoms with E-state index in [0.29, 0.717) is 11.5 Å². The minimum Gasteiger partial charge on any atom is -0.396 e. The van der Waals surface area contributed by atoms with E-state index in [0.717, 1.165) is 47.4 Å². The zero-order chi connectivity index (χ0) is 17.2. The van der Waals surface area contributed by atoms with Gasteiger partial charge in [0.25, 0.3) is 5.91 Å². The summed E-state index contributed by atoms with van der Waals surface area (Å²) in [5, 5.41) is 15.6. The Hall–Kier alpha value is -2.46. The Morgan fingerprint density at radius 2 is 1.84 bits per heavy atom. The molecule has 4 heteroatoms. The van der Waals surface area contributed by atoms with Crippen molar-refractivity contribution in [1.82, 2.24) is 10.3 Å². The number of nitrogens with zero attached hydrogens (tertiary/aromatic N) is 1. The first-order valence-electron chi connectivity index (χ1n) is 8.94. The summed E-state index contributed by atoms with van der Waals surface area (Å²) in [6, 6.07) is 14.2. The fourth-order valence-electron chi connectivity index (χ4n) is 3.85. The molecule has 1 aliphatic carbocycles. The second-order valence-electron chi connectivity index (χ2n) is 6.92. The van der Waals surface area contributed by atoms with E-state index in [4.69, 9.17) is 0 Å². The standard InChI is InChI=1S/C21H22N2O2/c24-13-14-7-9-16(10-8-14)23-21(25)19-12-15-4-1-2-5-17(15)18-6-3-11-22-20(18)19/h1-6,11-12,14,16,24H,7-10,13H2,(H,23,25). The van der Waals surface area contributed by atoms with Crippen molar-refractivity contribution in [3.8, 4) is 0 Å². The van der Waals surface area contributed by atoms with Gasteiger partial charge in [-0.2, -0.15) is 0 Å². The van der Waals surface area contributed by atoms with Crippen molar-refractivity contribution in [2.75, 3.05) is 6.61 Å². The first-order chi connectivity index (χ1) is 12.3. The second kappa shape index (κ2) is 6.81. The van der Waals surface area contributed by atoms with Crippen molar-refractivity contribution >= 4 is 27.6 Å². The Morgan fingerprint density at radius 3 is 2.64 bits per heavy atom. The smallest absolute Gasteiger partial charge is 0.253 e. The Labute approximate surface area is 146 Å². The Bertz CT molecular complexity index is 914. The number of carbonyl (C=O) groups is 1. The van der Waals surface area contributed by atoms with Crippen molar-refractivity contribution < 1.29 is 9.90 Å². The number of fused-ring (bicyclic) bond motifs is 3. The highest BCUT2D eigenvalue weighted by Gasteiger charge is 2.23. The molecule has 0 saturated heterocycles. The van der Waals surface area contributed by atoms with E-state index in [1.165, 1.54) is 0 Å². The van der Waals surface area contributed by atoms with Crippen LogP contribution in [0, 0.1) is 5.92 Å². The number of amides is 1. The van der Waals surface area contributed by atoms with Gasteiger partial charge in [-0.15, -0.1) is 0 Å². The maximum absolute atomic E-state index is 12.9. The van der Waals surface area contributed by atoms with Crippen LogP contribution in [0.25, 0.3) is 21.7 Å². The SMILES string of the molecule is O=C(NC1CCC(CO)CC1)c1cc2ccccc2c2cccnc12. The predicted molar refractivity (Wildman–Crippen MR) is 99.5 cm³/mol. The first kappa shape index (κ1) is 16.0. The third-order valence-electron chi connectivity index (χ3n) is 5.30. The van der Waals surface area contributed by atoms with Gasteiger partial charge in [0, 0.05) is 24.2 Å². The lowest BCUT2D eigenvalue weighted by Crippen LogP contribution is -2.38. The molecule has 1 amide bonds. The highest BCUT2D eigenvalue weighted by Crippen LogP contribution is 2.28. The number of aromatic nitrogens is 1. The highest BCUT2D eigenvalue weighted by atomic mass is 16.3. The molecule has 0 radical (unpaired) electrons. The van der Waals surface area contributed by atoms with Crippen molar-refractivity contribution in [2.45, 2.75) is 31.7 Å². The summed E-state index contributed by atoms with van der Waals surface area (Å²) in [5.74, 6) is 0.332. The van der Waals surface area contributed by atoms with Crippen molar-refractivity contribution in [3.63, 3.8) is 0 Å². The molecular formula is C21H22N2O2. The fourth-order valence-corrected chi connectivity index (χ4v) is 3.85. The van der Waals surface area contributed by atoms with Crippen LogP contribution in [0.5, 0.6) is 0 Å². The van der Waals surface area contributed by atoms with Gasteiger partial charge in [0.05, 0.1) is 11.1 Å². The molecule has 4 nitrogen and oxygen atoms in total. The summed E-state index contributed by atoms with van der Waals surface area (Å²) < 4.78 is 0. The van der Waals surface area contributed by atoms with E-state index in [9.17, 15) is 9.90 Å². The van der Waals surface area contributed by atoms with Crippen molar-refractivity contribution in [1.29, 1.82) is 0 Å². The lowest BCUT2D eigenvalue weighted by Gasteiger charge is -2.28. The molecule has 2 N–H and O–H groups in total. The number of hydrogen-bond acceptors (Lipinski definition) is 3. The average Bonchev–Trinajstić information content (AvgIpc) is 2.68. The van der Waals surface area contributed by atoms with E-state index < -0.39 is 0 Å². The summed E-state index contributed by atoms with van der Waals surface area (Å²) in [6.45, 7) is 0.250. The highest BCUT2D eigenvalue weighted by molar-refractivity contribution is 6.15. The van der Waals surface area contributed by atoms with Crippen molar-refractivity contribution in [3.05, 3.63) is 54.2 Å². The summed E-state index contributed by atoms with van der Waals surface area (Å²) in [6.07, 6.45) is 5.53. The number of aliphatic hydroxyl groups is 1. The lowest BCUT2D eigenvalue weighted by molar-refractivity contribution is 0.0915. The summed E-state index contributed by atoms with van der Waals surface area (Å²) in [7, 11) is 0. The first-order valence-corrected chi connectivity index (χ1v) is 8.94. The molecule has 3 aromatic rings. The molecule has 2 aromatic carbocycles. The van der Waals surface area contributed by atoms with Crippen LogP contribution in [0.4, 0.5) is 0 Å². The Kier molecular flexibility index (Phi) is 4.36. The molecule has 25 heavy (non-hydrogen) atoms. The average molecular weight is 334 g/mol. The van der Waals surface area contributed by atoms with Crippen LogP contribution in [0.1, 0.15) is 36.0 Å². The van der Waals surface area contributed by atoms with Crippen molar-refractivity contribution in [2.24, 2.45) is 5.92 Å². The van der Waals surface area contributed by atoms with Crippen LogP contribution in [0.3, 0.4) is 0 Å². The molecule has 128 valence electrons. The summed E-state index contributed by atoms with van der Waals surface area (Å²) in [4.78, 5) is 17.4. The minimum absolute atomic E-state index is 0.0538. The van der Waals surface area contributed by atoms with Gasteiger partial charge < -0.3 is 10.4 Å². The van der Waals surface area contributed by atoms with Crippen LogP contribution in [0.15, 0.2) is 48.7 Å². The quantitative estimate of drug-likeness (QED) is 0.719. The maximum atomic E-state index is 12.9. The van der Waals surface area contributed by atoms with Gasteiger partial charge >= 0.3 is 0 Å².